The van der Waals surface area contributed by atoms with Gasteiger partial charge in [0.15, 0.2) is 0 Å². The fraction of sp³-hybridized carbons (Fsp3) is 0.320. The van der Waals surface area contributed by atoms with Crippen molar-refractivity contribution in [1.82, 2.24) is 20.0 Å². The molecule has 5 rings (SSSR count). The number of hydrogen-bond donors (Lipinski definition) is 1. The van der Waals surface area contributed by atoms with E-state index in [1.165, 1.54) is 0 Å². The molecule has 0 saturated carbocycles. The first-order chi connectivity index (χ1) is 16.4. The van der Waals surface area contributed by atoms with Crippen LogP contribution in [0.4, 0.5) is 5.82 Å². The number of carbonyl (C=O) groups excluding carboxylic acids is 2. The Morgan fingerprint density at radius 3 is 2.59 bits per heavy atom. The van der Waals surface area contributed by atoms with Gasteiger partial charge in [-0.05, 0) is 57.9 Å². The minimum atomic E-state index is -0.173. The summed E-state index contributed by atoms with van der Waals surface area (Å²) in [6, 6.07) is 9.06. The largest absolute Gasteiger partial charge is 0.466 e. The SMILES string of the molecule is Cc1cc(-c2cc(C(=O)N3CCC(C(=O)Nc4ccccn4)CC3)c3c(C)noc3n2)c(C)o1. The van der Waals surface area contributed by atoms with Crippen LogP contribution < -0.4 is 5.32 Å². The van der Waals surface area contributed by atoms with E-state index >= 15 is 0 Å². The van der Waals surface area contributed by atoms with E-state index in [0.717, 1.165) is 17.1 Å². The number of carbonyl (C=O) groups is 2. The maximum absolute atomic E-state index is 13.6. The summed E-state index contributed by atoms with van der Waals surface area (Å²) in [6.45, 7) is 6.49. The summed E-state index contributed by atoms with van der Waals surface area (Å²) in [6.07, 6.45) is 2.79. The molecule has 5 heterocycles. The molecule has 34 heavy (non-hydrogen) atoms. The standard InChI is InChI=1S/C25H25N5O4/c1-14-12-18(16(3)33-14)20-13-19(22-15(2)29-34-24(22)27-20)25(32)30-10-7-17(8-11-30)23(31)28-21-6-4-5-9-26-21/h4-6,9,12-13,17H,7-8,10-11H2,1-3H3,(H,26,28,31). The van der Waals surface area contributed by atoms with Crippen molar-refractivity contribution in [2.24, 2.45) is 5.92 Å². The molecule has 4 aromatic heterocycles. The zero-order valence-corrected chi connectivity index (χ0v) is 19.3. The zero-order valence-electron chi connectivity index (χ0n) is 19.3. The van der Waals surface area contributed by atoms with E-state index < -0.39 is 0 Å². The topological polar surface area (TPSA) is 114 Å². The lowest BCUT2D eigenvalue weighted by atomic mass is 9.95. The molecule has 0 unspecified atom stereocenters. The van der Waals surface area contributed by atoms with Gasteiger partial charge in [-0.15, -0.1) is 0 Å². The quantitative estimate of drug-likeness (QED) is 0.484. The number of fused-ring (bicyclic) bond motifs is 1. The summed E-state index contributed by atoms with van der Waals surface area (Å²) >= 11 is 0. The molecule has 1 aliphatic rings. The Bertz CT molecular complexity index is 1370. The first-order valence-electron chi connectivity index (χ1n) is 11.3. The monoisotopic (exact) mass is 459 g/mol. The highest BCUT2D eigenvalue weighted by Gasteiger charge is 2.30. The van der Waals surface area contributed by atoms with Gasteiger partial charge in [0.05, 0.1) is 22.3 Å². The Labute approximate surface area is 196 Å². The molecule has 0 atom stereocenters. The number of amides is 2. The fourth-order valence-corrected chi connectivity index (χ4v) is 4.47. The van der Waals surface area contributed by atoms with Gasteiger partial charge in [0.1, 0.15) is 17.3 Å². The van der Waals surface area contributed by atoms with Gasteiger partial charge in [-0.3, -0.25) is 9.59 Å². The summed E-state index contributed by atoms with van der Waals surface area (Å²) in [7, 11) is 0. The average Bonchev–Trinajstić information content (AvgIpc) is 3.39. The number of pyridine rings is 2. The van der Waals surface area contributed by atoms with E-state index in [2.05, 4.69) is 20.4 Å². The molecule has 174 valence electrons. The lowest BCUT2D eigenvalue weighted by Gasteiger charge is -2.31. The second-order valence-electron chi connectivity index (χ2n) is 8.60. The second-order valence-corrected chi connectivity index (χ2v) is 8.60. The number of likely N-dealkylation sites (tertiary alicyclic amines) is 1. The van der Waals surface area contributed by atoms with Crippen molar-refractivity contribution in [3.63, 3.8) is 0 Å². The van der Waals surface area contributed by atoms with E-state index in [0.29, 0.717) is 59.8 Å². The van der Waals surface area contributed by atoms with Crippen LogP contribution in [0.15, 0.2) is 45.5 Å². The first-order valence-corrected chi connectivity index (χ1v) is 11.3. The number of aryl methyl sites for hydroxylation is 3. The van der Waals surface area contributed by atoms with E-state index in [1.54, 1.807) is 36.2 Å². The summed E-state index contributed by atoms with van der Waals surface area (Å²) in [5, 5.41) is 7.50. The highest BCUT2D eigenvalue weighted by atomic mass is 16.5. The highest BCUT2D eigenvalue weighted by Crippen LogP contribution is 2.32. The van der Waals surface area contributed by atoms with Gasteiger partial charge in [-0.2, -0.15) is 0 Å². The lowest BCUT2D eigenvalue weighted by Crippen LogP contribution is -2.41. The predicted octanol–water partition coefficient (Wildman–Crippen LogP) is 4.29. The molecule has 0 bridgehead atoms. The van der Waals surface area contributed by atoms with Crippen molar-refractivity contribution < 1.29 is 18.5 Å². The first kappa shape index (κ1) is 21.8. The number of nitrogens with one attached hydrogen (secondary N) is 1. The third kappa shape index (κ3) is 4.05. The number of piperidine rings is 1. The van der Waals surface area contributed by atoms with Crippen LogP contribution in [0, 0.1) is 26.7 Å². The Hall–Kier alpha value is -4.01. The van der Waals surface area contributed by atoms with E-state index in [1.807, 2.05) is 26.0 Å². The Morgan fingerprint density at radius 2 is 1.91 bits per heavy atom. The van der Waals surface area contributed by atoms with Crippen LogP contribution in [0.3, 0.4) is 0 Å². The van der Waals surface area contributed by atoms with Crippen LogP contribution >= 0.6 is 0 Å². The lowest BCUT2D eigenvalue weighted by molar-refractivity contribution is -0.121. The van der Waals surface area contributed by atoms with Crippen molar-refractivity contribution in [3.8, 4) is 11.3 Å². The molecule has 9 heteroatoms. The van der Waals surface area contributed by atoms with Crippen LogP contribution in [-0.4, -0.2) is 44.9 Å². The van der Waals surface area contributed by atoms with Gasteiger partial charge in [0, 0.05) is 30.8 Å². The molecule has 0 aliphatic carbocycles. The molecule has 4 aromatic rings. The van der Waals surface area contributed by atoms with Crippen LogP contribution in [0.1, 0.15) is 40.4 Å². The molecule has 1 saturated heterocycles. The van der Waals surface area contributed by atoms with Crippen LogP contribution in [-0.2, 0) is 4.79 Å². The van der Waals surface area contributed by atoms with Crippen LogP contribution in [0.25, 0.3) is 22.4 Å². The average molecular weight is 460 g/mol. The van der Waals surface area contributed by atoms with Gasteiger partial charge in [-0.1, -0.05) is 11.2 Å². The normalized spacial score (nSPS) is 14.5. The number of rotatable bonds is 4. The highest BCUT2D eigenvalue weighted by molar-refractivity contribution is 6.07. The van der Waals surface area contributed by atoms with Crippen LogP contribution in [0.2, 0.25) is 0 Å². The molecular weight excluding hydrogens is 434 g/mol. The Kier molecular flexibility index (Phi) is 5.61. The summed E-state index contributed by atoms with van der Waals surface area (Å²) < 4.78 is 11.1. The maximum Gasteiger partial charge on any atom is 0.259 e. The number of aromatic nitrogens is 3. The summed E-state index contributed by atoms with van der Waals surface area (Å²) in [4.78, 5) is 36.8. The van der Waals surface area contributed by atoms with Crippen molar-refractivity contribution in [3.05, 3.63) is 59.3 Å². The minimum absolute atomic E-state index is 0.0694. The molecule has 1 aliphatic heterocycles. The number of hydrogen-bond acceptors (Lipinski definition) is 7. The van der Waals surface area contributed by atoms with Crippen molar-refractivity contribution >= 4 is 28.7 Å². The predicted molar refractivity (Wildman–Crippen MR) is 125 cm³/mol. The van der Waals surface area contributed by atoms with E-state index in [4.69, 9.17) is 8.94 Å². The third-order valence-electron chi connectivity index (χ3n) is 6.23. The van der Waals surface area contributed by atoms with E-state index in [-0.39, 0.29) is 17.7 Å². The molecule has 0 radical (unpaired) electrons. The molecule has 0 aromatic carbocycles. The van der Waals surface area contributed by atoms with Gasteiger partial charge in [0.2, 0.25) is 5.91 Å². The minimum Gasteiger partial charge on any atom is -0.466 e. The van der Waals surface area contributed by atoms with Crippen molar-refractivity contribution in [2.45, 2.75) is 33.6 Å². The Morgan fingerprint density at radius 1 is 1.12 bits per heavy atom. The smallest absolute Gasteiger partial charge is 0.259 e. The van der Waals surface area contributed by atoms with Gasteiger partial charge >= 0.3 is 0 Å². The van der Waals surface area contributed by atoms with E-state index in [9.17, 15) is 9.59 Å². The number of nitrogens with zero attached hydrogens (tertiary/aromatic N) is 4. The van der Waals surface area contributed by atoms with Gasteiger partial charge < -0.3 is 19.2 Å². The molecule has 1 fully saturated rings. The van der Waals surface area contributed by atoms with Gasteiger partial charge in [0.25, 0.3) is 11.6 Å². The van der Waals surface area contributed by atoms with Gasteiger partial charge in [-0.25, -0.2) is 9.97 Å². The third-order valence-corrected chi connectivity index (χ3v) is 6.23. The molecule has 9 nitrogen and oxygen atoms in total. The molecular formula is C25H25N5O4. The maximum atomic E-state index is 13.6. The number of furan rings is 1. The summed E-state index contributed by atoms with van der Waals surface area (Å²) in [5.41, 5.74) is 2.84. The number of anilines is 1. The van der Waals surface area contributed by atoms with Crippen molar-refractivity contribution in [1.29, 1.82) is 0 Å². The molecule has 2 amide bonds. The Balaban J connectivity index is 1.37. The van der Waals surface area contributed by atoms with Crippen LogP contribution in [0.5, 0.6) is 0 Å². The fourth-order valence-electron chi connectivity index (χ4n) is 4.47. The second kappa shape index (κ2) is 8.74. The molecule has 1 N–H and O–H groups in total. The summed E-state index contributed by atoms with van der Waals surface area (Å²) in [5.74, 6) is 1.65. The van der Waals surface area contributed by atoms with Crippen molar-refractivity contribution in [2.75, 3.05) is 18.4 Å². The molecule has 0 spiro atoms. The zero-order chi connectivity index (χ0) is 23.8.